The van der Waals surface area contributed by atoms with Gasteiger partial charge in [-0.05, 0) is 125 Å². The monoisotopic (exact) mass is 838 g/mol. The molecule has 0 saturated heterocycles. The molecule has 11 aromatic carbocycles. The largest absolute Gasteiger partial charge is 0.228 e. The number of aromatic nitrogens is 2. The van der Waals surface area contributed by atoms with E-state index >= 15 is 0 Å². The second-order valence-electron chi connectivity index (χ2n) is 17.0. The summed E-state index contributed by atoms with van der Waals surface area (Å²) in [4.78, 5) is 10.5. The maximum atomic E-state index is 5.36. The third kappa shape index (κ3) is 7.41. The highest BCUT2D eigenvalue weighted by Crippen LogP contribution is 2.39. The molecule has 0 N–H and O–H groups in total. The summed E-state index contributed by atoms with van der Waals surface area (Å²) in [5.74, 6) is 0.729. The molecule has 12 rings (SSSR count). The van der Waals surface area contributed by atoms with Crippen LogP contribution >= 0.6 is 0 Å². The number of benzene rings is 11. The third-order valence-electron chi connectivity index (χ3n) is 12.9. The molecule has 0 bridgehead atoms. The van der Waals surface area contributed by atoms with Crippen molar-refractivity contribution in [3.63, 3.8) is 0 Å². The zero-order chi connectivity index (χ0) is 43.8. The van der Waals surface area contributed by atoms with Gasteiger partial charge in [-0.1, -0.05) is 218 Å². The first-order chi connectivity index (χ1) is 32.7. The first kappa shape index (κ1) is 38.9. The average Bonchev–Trinajstić information content (AvgIpc) is 3.41. The average molecular weight is 839 g/mol. The Morgan fingerprint density at radius 1 is 0.227 bits per heavy atom. The van der Waals surface area contributed by atoms with E-state index in [4.69, 9.17) is 9.97 Å². The van der Waals surface area contributed by atoms with Gasteiger partial charge < -0.3 is 0 Å². The molecule has 0 radical (unpaired) electrons. The van der Waals surface area contributed by atoms with Crippen LogP contribution in [0.5, 0.6) is 0 Å². The molecule has 0 fully saturated rings. The fourth-order valence-electron chi connectivity index (χ4n) is 9.47. The van der Waals surface area contributed by atoms with E-state index in [1.54, 1.807) is 0 Å². The van der Waals surface area contributed by atoms with E-state index in [1.165, 1.54) is 66.4 Å². The van der Waals surface area contributed by atoms with E-state index in [0.29, 0.717) is 0 Å². The lowest BCUT2D eigenvalue weighted by Crippen LogP contribution is -1.96. The summed E-state index contributed by atoms with van der Waals surface area (Å²) in [7, 11) is 0. The Kier molecular flexibility index (Phi) is 9.89. The molecule has 1 heterocycles. The van der Waals surface area contributed by atoms with Gasteiger partial charge in [0.2, 0.25) is 0 Å². The van der Waals surface area contributed by atoms with Crippen molar-refractivity contribution in [3.8, 4) is 89.4 Å². The van der Waals surface area contributed by atoms with Gasteiger partial charge in [0.05, 0.1) is 11.2 Å². The summed E-state index contributed by atoms with van der Waals surface area (Å²) in [6.07, 6.45) is 0. The summed E-state index contributed by atoms with van der Waals surface area (Å²) in [6, 6.07) is 91.5. The Morgan fingerprint density at radius 3 is 1.20 bits per heavy atom. The van der Waals surface area contributed by atoms with Crippen LogP contribution in [0.4, 0.5) is 0 Å². The van der Waals surface area contributed by atoms with Gasteiger partial charge in [0.15, 0.2) is 5.82 Å². The van der Waals surface area contributed by atoms with E-state index in [9.17, 15) is 0 Å². The fraction of sp³-hybridized carbons (Fsp3) is 0. The van der Waals surface area contributed by atoms with Crippen molar-refractivity contribution in [1.82, 2.24) is 9.97 Å². The Balaban J connectivity index is 0.850. The number of hydrogen-bond donors (Lipinski definition) is 0. The van der Waals surface area contributed by atoms with Gasteiger partial charge in [0, 0.05) is 16.5 Å². The number of fused-ring (bicyclic) bond motifs is 4. The topological polar surface area (TPSA) is 25.8 Å². The highest BCUT2D eigenvalue weighted by Gasteiger charge is 2.17. The normalized spacial score (nSPS) is 11.3. The van der Waals surface area contributed by atoms with Gasteiger partial charge in [0.1, 0.15) is 0 Å². The molecule has 0 spiro atoms. The molecule has 0 aliphatic heterocycles. The number of hydrogen-bond acceptors (Lipinski definition) is 2. The van der Waals surface area contributed by atoms with Crippen molar-refractivity contribution in [3.05, 3.63) is 255 Å². The predicted octanol–water partition coefficient (Wildman–Crippen LogP) is 17.3. The van der Waals surface area contributed by atoms with Crippen molar-refractivity contribution in [2.75, 3.05) is 0 Å². The van der Waals surface area contributed by atoms with Crippen molar-refractivity contribution in [1.29, 1.82) is 0 Å². The second kappa shape index (κ2) is 16.8. The van der Waals surface area contributed by atoms with E-state index < -0.39 is 0 Å². The summed E-state index contributed by atoms with van der Waals surface area (Å²) < 4.78 is 0. The fourth-order valence-corrected chi connectivity index (χ4v) is 9.47. The standard InChI is InChI=1S/C64H42N2/c1-3-14-43(15-4-1)55-40-56(44-16-5-2-6-17-44)42-57(41-55)54-24-12-23-53(39-54)52-22-11-21-51(38-52)47-30-28-45(29-31-47)46-32-34-50(35-33-46)63-62-59-26-10-8-19-49(59)36-37-61(62)65-64(66-63)60-27-13-20-48-18-7-9-25-58(48)60/h1-42H. The molecule has 2 heteroatoms. The molecule has 1 aromatic heterocycles. The predicted molar refractivity (Wildman–Crippen MR) is 278 cm³/mol. The zero-order valence-corrected chi connectivity index (χ0v) is 36.1. The Labute approximate surface area is 384 Å². The van der Waals surface area contributed by atoms with Crippen LogP contribution in [0.25, 0.3) is 122 Å². The molecule has 0 unspecified atom stereocenters. The minimum Gasteiger partial charge on any atom is -0.228 e. The van der Waals surface area contributed by atoms with Gasteiger partial charge in [0.25, 0.3) is 0 Å². The molecule has 12 aromatic rings. The van der Waals surface area contributed by atoms with E-state index in [-0.39, 0.29) is 0 Å². The Hall–Kier alpha value is -8.72. The van der Waals surface area contributed by atoms with Crippen LogP contribution in [-0.4, -0.2) is 9.97 Å². The molecule has 0 aliphatic carbocycles. The molecule has 2 nitrogen and oxygen atoms in total. The van der Waals surface area contributed by atoms with Crippen LogP contribution in [0.15, 0.2) is 255 Å². The first-order valence-corrected chi connectivity index (χ1v) is 22.5. The number of rotatable bonds is 8. The minimum absolute atomic E-state index is 0.729. The van der Waals surface area contributed by atoms with Crippen molar-refractivity contribution >= 4 is 32.4 Å². The summed E-state index contributed by atoms with van der Waals surface area (Å²) in [5.41, 5.74) is 18.2. The maximum Gasteiger partial charge on any atom is 0.161 e. The van der Waals surface area contributed by atoms with Gasteiger partial charge in [-0.3, -0.25) is 0 Å². The first-order valence-electron chi connectivity index (χ1n) is 22.5. The van der Waals surface area contributed by atoms with Gasteiger partial charge in [-0.25, -0.2) is 9.97 Å². The third-order valence-corrected chi connectivity index (χ3v) is 12.9. The van der Waals surface area contributed by atoms with Gasteiger partial charge in [-0.2, -0.15) is 0 Å². The van der Waals surface area contributed by atoms with Crippen LogP contribution in [0.2, 0.25) is 0 Å². The molecular formula is C64H42N2. The lowest BCUT2D eigenvalue weighted by Gasteiger charge is -2.14. The quantitative estimate of drug-likeness (QED) is 0.143. The molecule has 66 heavy (non-hydrogen) atoms. The van der Waals surface area contributed by atoms with E-state index in [2.05, 4.69) is 255 Å². The van der Waals surface area contributed by atoms with E-state index in [1.807, 2.05) is 0 Å². The molecule has 308 valence electrons. The van der Waals surface area contributed by atoms with Crippen LogP contribution in [0, 0.1) is 0 Å². The molecule has 0 saturated carbocycles. The summed E-state index contributed by atoms with van der Waals surface area (Å²) >= 11 is 0. The Morgan fingerprint density at radius 2 is 0.606 bits per heavy atom. The smallest absolute Gasteiger partial charge is 0.161 e. The van der Waals surface area contributed by atoms with Crippen molar-refractivity contribution in [2.24, 2.45) is 0 Å². The lowest BCUT2D eigenvalue weighted by molar-refractivity contribution is 1.24. The van der Waals surface area contributed by atoms with Gasteiger partial charge >= 0.3 is 0 Å². The number of nitrogens with zero attached hydrogens (tertiary/aromatic N) is 2. The molecule has 0 amide bonds. The van der Waals surface area contributed by atoms with Crippen LogP contribution in [-0.2, 0) is 0 Å². The van der Waals surface area contributed by atoms with Gasteiger partial charge in [-0.15, -0.1) is 0 Å². The van der Waals surface area contributed by atoms with E-state index in [0.717, 1.165) is 55.4 Å². The summed E-state index contributed by atoms with van der Waals surface area (Å²) in [5, 5.41) is 5.71. The Bertz CT molecular complexity index is 3660. The highest BCUT2D eigenvalue weighted by molar-refractivity contribution is 6.13. The minimum atomic E-state index is 0.729. The van der Waals surface area contributed by atoms with Crippen LogP contribution in [0.1, 0.15) is 0 Å². The highest BCUT2D eigenvalue weighted by atomic mass is 14.9. The molecular weight excluding hydrogens is 797 g/mol. The maximum absolute atomic E-state index is 5.36. The molecule has 0 atom stereocenters. The van der Waals surface area contributed by atoms with Crippen molar-refractivity contribution < 1.29 is 0 Å². The second-order valence-corrected chi connectivity index (χ2v) is 17.0. The lowest BCUT2D eigenvalue weighted by atomic mass is 9.91. The van der Waals surface area contributed by atoms with Crippen molar-refractivity contribution in [2.45, 2.75) is 0 Å². The summed E-state index contributed by atoms with van der Waals surface area (Å²) in [6.45, 7) is 0. The zero-order valence-electron chi connectivity index (χ0n) is 36.1. The molecule has 0 aliphatic rings. The van der Waals surface area contributed by atoms with Crippen LogP contribution in [0.3, 0.4) is 0 Å². The SMILES string of the molecule is c1ccc(-c2cc(-c3ccccc3)cc(-c3cccc(-c4cccc(-c5ccc(-c6ccc(-c7nc(-c8cccc9ccccc89)nc8ccc9ccccc9c78)cc6)cc5)c4)c3)c2)cc1. The van der Waals surface area contributed by atoms with Crippen LogP contribution < -0.4 is 0 Å².